The summed E-state index contributed by atoms with van der Waals surface area (Å²) in [5, 5.41) is 15.6. The Morgan fingerprint density at radius 3 is 2.66 bits per heavy atom. The second-order valence-electron chi connectivity index (χ2n) is 8.04. The fraction of sp³-hybridized carbons (Fsp3) is 0.360. The number of anilines is 1. The SMILES string of the molecule is COc1ccc(CNc2cc(-c3cc(Cl)ccc3F)nnc2OCCN2CCNCC2)c(OC)c1. The normalized spacial score (nSPS) is 13.9. The summed E-state index contributed by atoms with van der Waals surface area (Å²) in [4.78, 5) is 2.33. The molecule has 1 aliphatic rings. The second-order valence-corrected chi connectivity index (χ2v) is 8.48. The van der Waals surface area contributed by atoms with E-state index in [-0.39, 0.29) is 5.56 Å². The molecular formula is C25H29ClFN5O3. The van der Waals surface area contributed by atoms with Crippen molar-refractivity contribution >= 4 is 17.3 Å². The highest BCUT2D eigenvalue weighted by molar-refractivity contribution is 6.30. The predicted molar refractivity (Wildman–Crippen MR) is 134 cm³/mol. The van der Waals surface area contributed by atoms with Gasteiger partial charge in [-0.25, -0.2) is 4.39 Å². The minimum absolute atomic E-state index is 0.266. The lowest BCUT2D eigenvalue weighted by Crippen LogP contribution is -2.44. The number of hydrogen-bond acceptors (Lipinski definition) is 8. The minimum Gasteiger partial charge on any atom is -0.497 e. The zero-order valence-corrected chi connectivity index (χ0v) is 20.6. The lowest BCUT2D eigenvalue weighted by Gasteiger charge is -2.27. The van der Waals surface area contributed by atoms with Gasteiger partial charge in [-0.15, -0.1) is 10.2 Å². The van der Waals surface area contributed by atoms with E-state index >= 15 is 0 Å². The summed E-state index contributed by atoms with van der Waals surface area (Å²) in [5.41, 5.74) is 2.12. The first-order valence-corrected chi connectivity index (χ1v) is 11.8. The van der Waals surface area contributed by atoms with Crippen LogP contribution in [0.3, 0.4) is 0 Å². The summed E-state index contributed by atoms with van der Waals surface area (Å²) in [6, 6.07) is 11.7. The Kier molecular flexibility index (Phi) is 8.57. The molecule has 1 aromatic heterocycles. The second kappa shape index (κ2) is 12.0. The Hall–Kier alpha value is -3.14. The van der Waals surface area contributed by atoms with Crippen LogP contribution < -0.4 is 24.8 Å². The van der Waals surface area contributed by atoms with Crippen LogP contribution in [0.15, 0.2) is 42.5 Å². The third-order valence-corrected chi connectivity index (χ3v) is 6.02. The van der Waals surface area contributed by atoms with Crippen molar-refractivity contribution in [3.05, 3.63) is 58.9 Å². The van der Waals surface area contributed by atoms with Crippen molar-refractivity contribution in [3.63, 3.8) is 0 Å². The van der Waals surface area contributed by atoms with Crippen LogP contribution in [-0.2, 0) is 6.54 Å². The van der Waals surface area contributed by atoms with Crippen molar-refractivity contribution in [1.29, 1.82) is 0 Å². The molecule has 0 atom stereocenters. The molecule has 3 aromatic rings. The van der Waals surface area contributed by atoms with Crippen molar-refractivity contribution in [3.8, 4) is 28.6 Å². The van der Waals surface area contributed by atoms with Crippen molar-refractivity contribution in [2.24, 2.45) is 0 Å². The highest BCUT2D eigenvalue weighted by atomic mass is 35.5. The molecule has 186 valence electrons. The van der Waals surface area contributed by atoms with Gasteiger partial charge in [-0.1, -0.05) is 11.6 Å². The molecule has 8 nitrogen and oxygen atoms in total. The zero-order valence-electron chi connectivity index (χ0n) is 19.8. The van der Waals surface area contributed by atoms with Gasteiger partial charge < -0.3 is 24.8 Å². The van der Waals surface area contributed by atoms with Crippen LogP contribution in [0.25, 0.3) is 11.3 Å². The minimum atomic E-state index is -0.432. The summed E-state index contributed by atoms with van der Waals surface area (Å²) < 4.78 is 31.3. The number of piperazine rings is 1. The zero-order chi connectivity index (χ0) is 24.6. The molecule has 0 aliphatic carbocycles. The molecule has 2 heterocycles. The van der Waals surface area contributed by atoms with Gasteiger partial charge in [-0.2, -0.15) is 0 Å². The van der Waals surface area contributed by atoms with E-state index in [1.807, 2.05) is 18.2 Å². The van der Waals surface area contributed by atoms with Crippen LogP contribution in [0, 0.1) is 5.82 Å². The highest BCUT2D eigenvalue weighted by Gasteiger charge is 2.16. The number of methoxy groups -OCH3 is 2. The van der Waals surface area contributed by atoms with Crippen LogP contribution in [0.4, 0.5) is 10.1 Å². The van der Waals surface area contributed by atoms with Crippen LogP contribution in [0.1, 0.15) is 5.56 Å². The van der Waals surface area contributed by atoms with Crippen LogP contribution in [-0.4, -0.2) is 68.6 Å². The van der Waals surface area contributed by atoms with E-state index in [1.165, 1.54) is 18.2 Å². The summed E-state index contributed by atoms with van der Waals surface area (Å²) in [5.74, 6) is 1.30. The predicted octanol–water partition coefficient (Wildman–Crippen LogP) is 3.85. The van der Waals surface area contributed by atoms with Gasteiger partial charge in [0.1, 0.15) is 29.6 Å². The van der Waals surface area contributed by atoms with E-state index < -0.39 is 5.82 Å². The maximum Gasteiger partial charge on any atom is 0.257 e. The van der Waals surface area contributed by atoms with Crippen molar-refractivity contribution in [2.75, 3.05) is 58.9 Å². The average Bonchev–Trinajstić information content (AvgIpc) is 2.90. The van der Waals surface area contributed by atoms with E-state index in [2.05, 4.69) is 25.7 Å². The maximum atomic E-state index is 14.5. The summed E-state index contributed by atoms with van der Waals surface area (Å²) in [7, 11) is 3.22. The van der Waals surface area contributed by atoms with Gasteiger partial charge >= 0.3 is 0 Å². The molecule has 0 unspecified atom stereocenters. The number of halogens is 2. The molecule has 2 N–H and O–H groups in total. The summed E-state index contributed by atoms with van der Waals surface area (Å²) in [6.45, 7) is 5.55. The fourth-order valence-corrected chi connectivity index (χ4v) is 4.01. The topological polar surface area (TPSA) is 80.8 Å². The molecule has 1 fully saturated rings. The number of ether oxygens (including phenoxy) is 3. The molecule has 0 bridgehead atoms. The Balaban J connectivity index is 1.56. The van der Waals surface area contributed by atoms with Gasteiger partial charge in [0.15, 0.2) is 0 Å². The number of benzene rings is 2. The smallest absolute Gasteiger partial charge is 0.257 e. The average molecular weight is 502 g/mol. The standard InChI is InChI=1S/C25H29ClFN5O3/c1-33-19-5-3-17(24(14-19)34-2)16-29-23-15-22(20-13-18(26)4-6-21(20)27)30-31-25(23)35-12-11-32-9-7-28-8-10-32/h3-6,13-15,28H,7-12,16H2,1-2H3,(H,29,30). The molecule has 10 heteroatoms. The van der Waals surface area contributed by atoms with Gasteiger partial charge in [-0.05, 0) is 36.4 Å². The number of hydrogen-bond donors (Lipinski definition) is 2. The molecule has 1 aliphatic heterocycles. The quantitative estimate of drug-likeness (QED) is 0.433. The van der Waals surface area contributed by atoms with Crippen molar-refractivity contribution in [1.82, 2.24) is 20.4 Å². The first-order chi connectivity index (χ1) is 17.1. The molecule has 4 rings (SSSR count). The monoisotopic (exact) mass is 501 g/mol. The Morgan fingerprint density at radius 2 is 1.89 bits per heavy atom. The molecule has 0 spiro atoms. The third kappa shape index (κ3) is 6.50. The van der Waals surface area contributed by atoms with Gasteiger partial charge in [0.05, 0.1) is 19.9 Å². The maximum absolute atomic E-state index is 14.5. The van der Waals surface area contributed by atoms with Gasteiger partial charge in [0, 0.05) is 61.5 Å². The van der Waals surface area contributed by atoms with E-state index in [0.717, 1.165) is 38.3 Å². The Morgan fingerprint density at radius 1 is 1.06 bits per heavy atom. The van der Waals surface area contributed by atoms with E-state index in [1.54, 1.807) is 20.3 Å². The lowest BCUT2D eigenvalue weighted by atomic mass is 10.1. The molecule has 0 saturated carbocycles. The fourth-order valence-electron chi connectivity index (χ4n) is 3.83. The third-order valence-electron chi connectivity index (χ3n) is 5.78. The Bertz CT molecular complexity index is 1140. The number of rotatable bonds is 10. The molecule has 1 saturated heterocycles. The van der Waals surface area contributed by atoms with Crippen molar-refractivity contribution < 1.29 is 18.6 Å². The lowest BCUT2D eigenvalue weighted by molar-refractivity contribution is 0.188. The number of nitrogens with zero attached hydrogens (tertiary/aromatic N) is 3. The number of aromatic nitrogens is 2. The first kappa shape index (κ1) is 25.0. The number of nitrogens with one attached hydrogen (secondary N) is 2. The van der Waals surface area contributed by atoms with Gasteiger partial charge in [-0.3, -0.25) is 4.90 Å². The molecule has 0 amide bonds. The largest absolute Gasteiger partial charge is 0.497 e. The van der Waals surface area contributed by atoms with Gasteiger partial charge in [0.25, 0.3) is 5.88 Å². The van der Waals surface area contributed by atoms with Crippen LogP contribution >= 0.6 is 11.6 Å². The molecule has 2 aromatic carbocycles. The van der Waals surface area contributed by atoms with E-state index in [4.69, 9.17) is 25.8 Å². The van der Waals surface area contributed by atoms with E-state index in [9.17, 15) is 4.39 Å². The van der Waals surface area contributed by atoms with E-state index in [0.29, 0.717) is 46.9 Å². The molecular weight excluding hydrogens is 473 g/mol. The van der Waals surface area contributed by atoms with Crippen LogP contribution in [0.5, 0.6) is 17.4 Å². The first-order valence-electron chi connectivity index (χ1n) is 11.4. The summed E-state index contributed by atoms with van der Waals surface area (Å²) in [6.07, 6.45) is 0. The molecule has 35 heavy (non-hydrogen) atoms. The van der Waals surface area contributed by atoms with Gasteiger partial charge in [0.2, 0.25) is 0 Å². The Labute approximate surface area is 209 Å². The molecule has 0 radical (unpaired) electrons. The van der Waals surface area contributed by atoms with Crippen LogP contribution in [0.2, 0.25) is 5.02 Å². The summed E-state index contributed by atoms with van der Waals surface area (Å²) >= 11 is 6.09. The highest BCUT2D eigenvalue weighted by Crippen LogP contribution is 2.31. The van der Waals surface area contributed by atoms with Crippen molar-refractivity contribution in [2.45, 2.75) is 6.54 Å².